The highest BCUT2D eigenvalue weighted by molar-refractivity contribution is 7.13. The molecule has 1 saturated heterocycles. The summed E-state index contributed by atoms with van der Waals surface area (Å²) in [6.07, 6.45) is -3.46. The molecule has 8 nitrogen and oxygen atoms in total. The van der Waals surface area contributed by atoms with Gasteiger partial charge in [0.05, 0.1) is 22.6 Å². The van der Waals surface area contributed by atoms with Gasteiger partial charge in [-0.3, -0.25) is 14.4 Å². The molecule has 1 fully saturated rings. The molecule has 2 unspecified atom stereocenters. The first-order chi connectivity index (χ1) is 20.3. The van der Waals surface area contributed by atoms with Crippen molar-refractivity contribution in [2.45, 2.75) is 84.4 Å². The van der Waals surface area contributed by atoms with E-state index in [0.29, 0.717) is 5.56 Å². The van der Waals surface area contributed by atoms with Crippen LogP contribution in [0.15, 0.2) is 48.0 Å². The monoisotopic (exact) mass is 606 g/mol. The Morgan fingerprint density at radius 2 is 1.91 bits per heavy atom. The summed E-state index contributed by atoms with van der Waals surface area (Å²) < 4.78 is 15.4. The van der Waals surface area contributed by atoms with E-state index in [4.69, 9.17) is 0 Å². The highest BCUT2D eigenvalue weighted by Crippen LogP contribution is 2.34. The van der Waals surface area contributed by atoms with Gasteiger partial charge in [0, 0.05) is 18.7 Å². The van der Waals surface area contributed by atoms with Crippen molar-refractivity contribution in [2.24, 2.45) is 5.92 Å². The van der Waals surface area contributed by atoms with Gasteiger partial charge in [0.2, 0.25) is 11.8 Å². The van der Waals surface area contributed by atoms with E-state index >= 15 is 4.39 Å². The van der Waals surface area contributed by atoms with Crippen molar-refractivity contribution in [3.63, 3.8) is 0 Å². The molecule has 43 heavy (non-hydrogen) atoms. The standard InChI is InChI=1S/C33H39FN4O4S/c1-18(2)27(37-15-22-9-7-8-10-23(22)31(37)41)32(42)38-16-25(39)26(34)28(38)30(40)35-14-21-12-11-20(13-24(21)33(4,5)6)29-19(3)36-17-43-29/h7-13,17-18,25-28,39H,14-16H2,1-6H3,(H,35,40)/t25-,26-,27?,28?/m0/s1. The van der Waals surface area contributed by atoms with Gasteiger partial charge in [-0.15, -0.1) is 11.3 Å². The number of alkyl halides is 1. The van der Waals surface area contributed by atoms with Crippen molar-refractivity contribution in [2.75, 3.05) is 6.54 Å². The topological polar surface area (TPSA) is 103 Å². The summed E-state index contributed by atoms with van der Waals surface area (Å²) in [6, 6.07) is 10.8. The van der Waals surface area contributed by atoms with Crippen molar-refractivity contribution in [1.82, 2.24) is 20.1 Å². The smallest absolute Gasteiger partial charge is 0.255 e. The van der Waals surface area contributed by atoms with Crippen LogP contribution >= 0.6 is 11.3 Å². The normalized spacial score (nSPS) is 21.0. The number of halogens is 1. The third-order valence-corrected chi connectivity index (χ3v) is 9.37. The Labute approximate surface area is 255 Å². The number of carbonyl (C=O) groups is 3. The number of aryl methyl sites for hydroxylation is 1. The van der Waals surface area contributed by atoms with Crippen LogP contribution in [0.25, 0.3) is 10.4 Å². The largest absolute Gasteiger partial charge is 0.388 e. The SMILES string of the molecule is Cc1ncsc1-c1ccc(CNC(=O)C2[C@@H](F)[C@@H](O)CN2C(=O)C(C(C)C)N2Cc3ccccc3C2=O)c(C(C)(C)C)c1. The number of nitrogens with zero attached hydrogens (tertiary/aromatic N) is 3. The fraction of sp³-hybridized carbons (Fsp3) is 0.455. The molecule has 2 N–H and O–H groups in total. The maximum Gasteiger partial charge on any atom is 0.255 e. The molecule has 2 aliphatic rings. The third kappa shape index (κ3) is 5.82. The summed E-state index contributed by atoms with van der Waals surface area (Å²) in [7, 11) is 0. The summed E-state index contributed by atoms with van der Waals surface area (Å²) in [6.45, 7) is 11.9. The van der Waals surface area contributed by atoms with Gasteiger partial charge in [-0.1, -0.05) is 65.0 Å². The highest BCUT2D eigenvalue weighted by Gasteiger charge is 2.51. The number of hydrogen-bond acceptors (Lipinski definition) is 6. The second-order valence-electron chi connectivity index (χ2n) is 12.8. The van der Waals surface area contributed by atoms with Crippen LogP contribution in [0, 0.1) is 12.8 Å². The predicted octanol–water partition coefficient (Wildman–Crippen LogP) is 4.62. The Morgan fingerprint density at radius 1 is 1.19 bits per heavy atom. The van der Waals surface area contributed by atoms with Crippen molar-refractivity contribution < 1.29 is 23.9 Å². The summed E-state index contributed by atoms with van der Waals surface area (Å²) >= 11 is 1.57. The summed E-state index contributed by atoms with van der Waals surface area (Å²) in [5, 5.41) is 13.3. The number of thiazole rings is 1. The van der Waals surface area contributed by atoms with Crippen LogP contribution in [0.3, 0.4) is 0 Å². The van der Waals surface area contributed by atoms with Crippen molar-refractivity contribution in [3.05, 3.63) is 75.9 Å². The zero-order valence-corrected chi connectivity index (χ0v) is 26.2. The van der Waals surface area contributed by atoms with Crippen molar-refractivity contribution in [1.29, 1.82) is 0 Å². The molecule has 0 aliphatic carbocycles. The maximum atomic E-state index is 15.4. The lowest BCUT2D eigenvalue weighted by atomic mass is 9.82. The van der Waals surface area contributed by atoms with Crippen LogP contribution in [0.1, 0.15) is 67.4 Å². The molecule has 0 spiro atoms. The van der Waals surface area contributed by atoms with Crippen LogP contribution < -0.4 is 5.32 Å². The Bertz CT molecular complexity index is 1550. The molecule has 2 aromatic carbocycles. The maximum absolute atomic E-state index is 15.4. The van der Waals surface area contributed by atoms with Crippen LogP contribution in [0.2, 0.25) is 0 Å². The number of aliphatic hydroxyl groups is 1. The molecule has 0 saturated carbocycles. The van der Waals surface area contributed by atoms with Crippen LogP contribution in [-0.4, -0.2) is 68.5 Å². The number of hydrogen-bond donors (Lipinski definition) is 2. The first kappa shape index (κ1) is 30.8. The first-order valence-corrected chi connectivity index (χ1v) is 15.5. The van der Waals surface area contributed by atoms with E-state index in [0.717, 1.165) is 37.7 Å². The third-order valence-electron chi connectivity index (χ3n) is 8.39. The van der Waals surface area contributed by atoms with Gasteiger partial charge in [0.1, 0.15) is 18.2 Å². The number of nitrogens with one attached hydrogen (secondary N) is 1. The van der Waals surface area contributed by atoms with Crippen LogP contribution in [0.4, 0.5) is 4.39 Å². The number of aliphatic hydroxyl groups excluding tert-OH is 1. The Balaban J connectivity index is 1.37. The van der Waals surface area contributed by atoms with Gasteiger partial charge in [-0.05, 0) is 52.6 Å². The Kier molecular flexibility index (Phi) is 8.46. The molecule has 3 aromatic rings. The van der Waals surface area contributed by atoms with Gasteiger partial charge in [-0.2, -0.15) is 0 Å². The second-order valence-corrected chi connectivity index (χ2v) is 13.7. The van der Waals surface area contributed by atoms with E-state index in [9.17, 15) is 19.5 Å². The minimum absolute atomic E-state index is 0.127. The average molecular weight is 607 g/mol. The van der Waals surface area contributed by atoms with E-state index in [1.807, 2.05) is 50.5 Å². The molecular formula is C33H39FN4O4S. The van der Waals surface area contributed by atoms with Crippen molar-refractivity contribution in [3.8, 4) is 10.4 Å². The van der Waals surface area contributed by atoms with E-state index in [-0.39, 0.29) is 36.9 Å². The summed E-state index contributed by atoms with van der Waals surface area (Å²) in [4.78, 5) is 48.8. The number of aromatic nitrogens is 1. The van der Waals surface area contributed by atoms with E-state index < -0.39 is 36.2 Å². The van der Waals surface area contributed by atoms with Gasteiger partial charge < -0.3 is 20.2 Å². The molecule has 228 valence electrons. The summed E-state index contributed by atoms with van der Waals surface area (Å²) in [5.74, 6) is -1.81. The molecule has 0 bridgehead atoms. The quantitative estimate of drug-likeness (QED) is 0.409. The predicted molar refractivity (Wildman–Crippen MR) is 164 cm³/mol. The molecule has 4 atom stereocenters. The van der Waals surface area contributed by atoms with E-state index in [1.165, 1.54) is 4.90 Å². The van der Waals surface area contributed by atoms with Crippen LogP contribution in [0.5, 0.6) is 0 Å². The lowest BCUT2D eigenvalue weighted by Crippen LogP contribution is -2.56. The molecular weight excluding hydrogens is 567 g/mol. The fourth-order valence-corrected chi connectivity index (χ4v) is 7.00. The van der Waals surface area contributed by atoms with Crippen molar-refractivity contribution >= 4 is 29.1 Å². The number of fused-ring (bicyclic) bond motifs is 1. The lowest BCUT2D eigenvalue weighted by Gasteiger charge is -2.35. The van der Waals surface area contributed by atoms with E-state index in [2.05, 4.69) is 37.1 Å². The number of amides is 3. The first-order valence-electron chi connectivity index (χ1n) is 14.6. The minimum atomic E-state index is -1.96. The lowest BCUT2D eigenvalue weighted by molar-refractivity contribution is -0.144. The summed E-state index contributed by atoms with van der Waals surface area (Å²) in [5.41, 5.74) is 6.81. The highest BCUT2D eigenvalue weighted by atomic mass is 32.1. The van der Waals surface area contributed by atoms with Crippen LogP contribution in [-0.2, 0) is 28.1 Å². The second kappa shape index (κ2) is 11.8. The van der Waals surface area contributed by atoms with E-state index in [1.54, 1.807) is 23.5 Å². The number of likely N-dealkylation sites (tertiary alicyclic amines) is 1. The minimum Gasteiger partial charge on any atom is -0.388 e. The number of rotatable bonds is 7. The zero-order valence-electron chi connectivity index (χ0n) is 25.4. The fourth-order valence-electron chi connectivity index (χ4n) is 6.20. The molecule has 3 amide bonds. The van der Waals surface area contributed by atoms with Gasteiger partial charge >= 0.3 is 0 Å². The molecule has 3 heterocycles. The van der Waals surface area contributed by atoms with Gasteiger partial charge in [0.25, 0.3) is 5.91 Å². The molecule has 1 aromatic heterocycles. The number of β-amino-alcohol motifs (C(OH)–C–C–N with tert-alkyl or cyclic N) is 1. The Hall–Kier alpha value is -3.63. The molecule has 5 rings (SSSR count). The van der Waals surface area contributed by atoms with Gasteiger partial charge in [-0.25, -0.2) is 9.37 Å². The van der Waals surface area contributed by atoms with Gasteiger partial charge in [0.15, 0.2) is 6.17 Å². The average Bonchev–Trinajstić information content (AvgIpc) is 3.62. The number of carbonyl (C=O) groups excluding carboxylic acids is 3. The molecule has 10 heteroatoms. The number of benzene rings is 2. The molecule has 0 radical (unpaired) electrons. The zero-order chi connectivity index (χ0) is 31.2. The Morgan fingerprint density at radius 3 is 2.53 bits per heavy atom. The molecule has 2 aliphatic heterocycles.